The highest BCUT2D eigenvalue weighted by Crippen LogP contribution is 2.23. The normalized spacial score (nSPS) is 12.0. The Morgan fingerprint density at radius 2 is 1.76 bits per heavy atom. The molecule has 0 aliphatic rings. The van der Waals surface area contributed by atoms with E-state index in [2.05, 4.69) is 21.7 Å². The number of nitriles is 1. The monoisotopic (exact) mass is 449 g/mol. The Labute approximate surface area is 197 Å². The van der Waals surface area contributed by atoms with E-state index in [-0.39, 0.29) is 5.91 Å². The molecule has 4 rings (SSSR count). The third-order valence-electron chi connectivity index (χ3n) is 5.37. The number of anilines is 1. The lowest BCUT2D eigenvalue weighted by Gasteiger charge is -2.12. The summed E-state index contributed by atoms with van der Waals surface area (Å²) in [6.45, 7) is 1.76. The topological polar surface area (TPSA) is 92.8 Å². The van der Waals surface area contributed by atoms with E-state index in [0.29, 0.717) is 17.0 Å². The molecular formula is C27H23N5O2. The molecule has 0 aliphatic heterocycles. The van der Waals surface area contributed by atoms with Gasteiger partial charge in [0.15, 0.2) is 0 Å². The quantitative estimate of drug-likeness (QED) is 0.309. The zero-order valence-electron chi connectivity index (χ0n) is 18.8. The van der Waals surface area contributed by atoms with Crippen LogP contribution in [-0.2, 0) is 4.79 Å². The van der Waals surface area contributed by atoms with E-state index in [1.165, 1.54) is 4.68 Å². The lowest BCUT2D eigenvalue weighted by atomic mass is 10.0. The van der Waals surface area contributed by atoms with Crippen molar-refractivity contribution >= 4 is 23.2 Å². The third-order valence-corrected chi connectivity index (χ3v) is 5.37. The lowest BCUT2D eigenvalue weighted by Crippen LogP contribution is -2.24. The molecule has 4 aromatic rings. The second-order valence-corrected chi connectivity index (χ2v) is 7.64. The Kier molecular flexibility index (Phi) is 6.80. The van der Waals surface area contributed by atoms with Crippen LogP contribution in [-0.4, -0.2) is 28.0 Å². The van der Waals surface area contributed by atoms with Gasteiger partial charge in [-0.25, -0.2) is 4.68 Å². The molecule has 0 spiro atoms. The number of rotatable bonds is 7. The first-order valence-corrected chi connectivity index (χ1v) is 10.7. The second-order valence-electron chi connectivity index (χ2n) is 7.64. The van der Waals surface area contributed by atoms with Crippen molar-refractivity contribution in [2.45, 2.75) is 13.0 Å². The van der Waals surface area contributed by atoms with Gasteiger partial charge in [0, 0.05) is 11.3 Å². The number of methoxy groups -OCH3 is 1. The maximum absolute atomic E-state index is 12.6. The molecule has 0 saturated heterocycles. The Hall–Kier alpha value is -4.70. The summed E-state index contributed by atoms with van der Waals surface area (Å²) in [7, 11) is 1.59. The predicted octanol–water partition coefficient (Wildman–Crippen LogP) is 5.22. The van der Waals surface area contributed by atoms with Gasteiger partial charge in [-0.05, 0) is 48.4 Å². The first-order valence-electron chi connectivity index (χ1n) is 10.7. The number of hydrogen-bond donors (Lipinski definition) is 1. The second kappa shape index (κ2) is 10.3. The van der Waals surface area contributed by atoms with Crippen molar-refractivity contribution in [2.75, 3.05) is 12.4 Å². The van der Waals surface area contributed by atoms with Crippen LogP contribution in [0.2, 0.25) is 0 Å². The summed E-state index contributed by atoms with van der Waals surface area (Å²) >= 11 is 0. The number of allylic oxidation sites excluding steroid dienone is 1. The van der Waals surface area contributed by atoms with Crippen molar-refractivity contribution in [3.8, 4) is 23.1 Å². The van der Waals surface area contributed by atoms with Crippen molar-refractivity contribution in [3.63, 3.8) is 0 Å². The zero-order chi connectivity index (χ0) is 23.9. The third kappa shape index (κ3) is 5.19. The zero-order valence-corrected chi connectivity index (χ0v) is 18.8. The molecule has 0 saturated carbocycles. The maximum atomic E-state index is 12.6. The fourth-order valence-electron chi connectivity index (χ4n) is 3.36. The molecule has 1 amide bonds. The summed E-state index contributed by atoms with van der Waals surface area (Å²) in [4.78, 5) is 12.6. The summed E-state index contributed by atoms with van der Waals surface area (Å²) in [6, 6.07) is 26.1. The minimum Gasteiger partial charge on any atom is -0.497 e. The summed E-state index contributed by atoms with van der Waals surface area (Å²) in [5.74, 6) is 0.511. The average Bonchev–Trinajstić information content (AvgIpc) is 3.38. The van der Waals surface area contributed by atoms with Crippen LogP contribution in [0.1, 0.15) is 24.1 Å². The molecule has 3 aromatic carbocycles. The highest BCUT2D eigenvalue weighted by molar-refractivity contribution is 5.93. The van der Waals surface area contributed by atoms with Crippen LogP contribution in [0.3, 0.4) is 0 Å². The molecule has 0 radical (unpaired) electrons. The number of aromatic nitrogens is 3. The number of amides is 1. The highest BCUT2D eigenvalue weighted by atomic mass is 16.5. The van der Waals surface area contributed by atoms with Crippen LogP contribution in [0.5, 0.6) is 5.75 Å². The van der Waals surface area contributed by atoms with E-state index < -0.39 is 6.04 Å². The van der Waals surface area contributed by atoms with E-state index in [9.17, 15) is 10.1 Å². The fourth-order valence-corrected chi connectivity index (χ4v) is 3.36. The summed E-state index contributed by atoms with van der Waals surface area (Å²) in [5.41, 5.74) is 4.51. The van der Waals surface area contributed by atoms with E-state index in [4.69, 9.17) is 4.74 Å². The van der Waals surface area contributed by atoms with Crippen LogP contribution in [0.15, 0.2) is 85.1 Å². The molecule has 1 heterocycles. The van der Waals surface area contributed by atoms with Crippen LogP contribution >= 0.6 is 0 Å². The van der Waals surface area contributed by atoms with Crippen molar-refractivity contribution < 1.29 is 9.53 Å². The van der Waals surface area contributed by atoms with Gasteiger partial charge in [0.2, 0.25) is 5.91 Å². The first-order chi connectivity index (χ1) is 16.6. The lowest BCUT2D eigenvalue weighted by molar-refractivity contribution is -0.119. The molecule has 1 atom stereocenters. The molecular weight excluding hydrogens is 426 g/mol. The molecule has 1 aromatic heterocycles. The van der Waals surface area contributed by atoms with Gasteiger partial charge in [-0.3, -0.25) is 4.79 Å². The van der Waals surface area contributed by atoms with Crippen LogP contribution in [0.4, 0.5) is 5.69 Å². The predicted molar refractivity (Wildman–Crippen MR) is 132 cm³/mol. The van der Waals surface area contributed by atoms with E-state index in [1.807, 2.05) is 60.7 Å². The first kappa shape index (κ1) is 22.5. The van der Waals surface area contributed by atoms with Crippen molar-refractivity contribution in [1.82, 2.24) is 15.0 Å². The smallest absolute Gasteiger partial charge is 0.249 e. The molecule has 0 fully saturated rings. The van der Waals surface area contributed by atoms with Gasteiger partial charge >= 0.3 is 0 Å². The number of hydrogen-bond acceptors (Lipinski definition) is 5. The van der Waals surface area contributed by atoms with E-state index in [1.54, 1.807) is 44.5 Å². The van der Waals surface area contributed by atoms with Gasteiger partial charge in [-0.1, -0.05) is 59.8 Å². The summed E-state index contributed by atoms with van der Waals surface area (Å²) in [6.07, 6.45) is 3.59. The van der Waals surface area contributed by atoms with Gasteiger partial charge in [-0.2, -0.15) is 5.26 Å². The van der Waals surface area contributed by atoms with E-state index in [0.717, 1.165) is 22.4 Å². The number of ether oxygens (including phenoxy) is 1. The van der Waals surface area contributed by atoms with Gasteiger partial charge in [-0.15, -0.1) is 5.10 Å². The Bertz CT molecular complexity index is 1330. The molecule has 0 bridgehead atoms. The Morgan fingerprint density at radius 3 is 2.41 bits per heavy atom. The van der Waals surface area contributed by atoms with Gasteiger partial charge in [0.25, 0.3) is 0 Å². The number of benzene rings is 3. The number of nitrogens with zero attached hydrogens (tertiary/aromatic N) is 4. The highest BCUT2D eigenvalue weighted by Gasteiger charge is 2.17. The molecule has 168 valence electrons. The number of carbonyl (C=O) groups is 1. The standard InChI is InChI=1S/C27H23N5O2/c1-19(27(33)29-24-12-14-25(34-2)15-13-24)32-18-26(30-31-32)22-10-8-21(9-11-22)23(17-28)16-20-6-4-3-5-7-20/h3-16,18-19H,1-2H3,(H,29,33)/b23-16+. The van der Waals surface area contributed by atoms with Crippen molar-refractivity contribution in [3.05, 3.63) is 96.2 Å². The van der Waals surface area contributed by atoms with Gasteiger partial charge < -0.3 is 10.1 Å². The van der Waals surface area contributed by atoms with Crippen LogP contribution in [0, 0.1) is 11.3 Å². The minimum absolute atomic E-state index is 0.207. The maximum Gasteiger partial charge on any atom is 0.249 e. The average molecular weight is 450 g/mol. The molecule has 7 heteroatoms. The minimum atomic E-state index is -0.554. The summed E-state index contributed by atoms with van der Waals surface area (Å²) < 4.78 is 6.66. The fraction of sp³-hybridized carbons (Fsp3) is 0.111. The largest absolute Gasteiger partial charge is 0.497 e. The number of carbonyl (C=O) groups excluding carboxylic acids is 1. The van der Waals surface area contributed by atoms with Crippen LogP contribution in [0.25, 0.3) is 22.9 Å². The Morgan fingerprint density at radius 1 is 1.06 bits per heavy atom. The molecule has 34 heavy (non-hydrogen) atoms. The summed E-state index contributed by atoms with van der Waals surface area (Å²) in [5, 5.41) is 20.8. The van der Waals surface area contributed by atoms with Crippen molar-refractivity contribution in [1.29, 1.82) is 5.26 Å². The van der Waals surface area contributed by atoms with Gasteiger partial charge in [0.05, 0.1) is 24.9 Å². The SMILES string of the molecule is COc1ccc(NC(=O)C(C)n2cc(-c3ccc(/C(C#N)=C/c4ccccc4)cc3)nn2)cc1. The molecule has 0 aliphatic carbocycles. The molecule has 1 N–H and O–H groups in total. The van der Waals surface area contributed by atoms with Crippen molar-refractivity contribution in [2.24, 2.45) is 0 Å². The molecule has 7 nitrogen and oxygen atoms in total. The van der Waals surface area contributed by atoms with Crippen LogP contribution < -0.4 is 10.1 Å². The Balaban J connectivity index is 1.46. The van der Waals surface area contributed by atoms with E-state index >= 15 is 0 Å². The molecule has 1 unspecified atom stereocenters. The number of nitrogens with one attached hydrogen (secondary N) is 1. The van der Waals surface area contributed by atoms with Gasteiger partial charge in [0.1, 0.15) is 17.5 Å².